The van der Waals surface area contributed by atoms with E-state index in [1.807, 2.05) is 0 Å². The Balaban J connectivity index is 3.39. The van der Waals surface area contributed by atoms with Gasteiger partial charge in [-0.05, 0) is 19.1 Å². The number of nitrogens with two attached hydrogens (primary N) is 1. The van der Waals surface area contributed by atoms with E-state index in [-0.39, 0.29) is 17.3 Å². The number of nitrogens with one attached hydrogen (secondary N) is 1. The first-order valence-electron chi connectivity index (χ1n) is 5.20. The first kappa shape index (κ1) is 16.2. The molecule has 0 atom stereocenters. The van der Waals surface area contributed by atoms with Gasteiger partial charge < -0.3 is 9.84 Å². The zero-order valence-electron chi connectivity index (χ0n) is 10.2. The van der Waals surface area contributed by atoms with E-state index >= 15 is 0 Å². The van der Waals surface area contributed by atoms with E-state index in [0.717, 1.165) is 12.1 Å². The smallest absolute Gasteiger partial charge is 0.411 e. The van der Waals surface area contributed by atoms with E-state index in [1.165, 1.54) is 0 Å². The molecule has 20 heavy (non-hydrogen) atoms. The van der Waals surface area contributed by atoms with Crippen molar-refractivity contribution < 1.29 is 27.9 Å². The van der Waals surface area contributed by atoms with Crippen LogP contribution in [0.25, 0.3) is 0 Å². The summed E-state index contributed by atoms with van der Waals surface area (Å²) >= 11 is 5.66. The number of hydrogen-bond donors (Lipinski definition) is 3. The van der Waals surface area contributed by atoms with Crippen molar-refractivity contribution in [3.8, 4) is 0 Å². The Bertz CT molecular complexity index is 658. The minimum atomic E-state index is -4.16. The van der Waals surface area contributed by atoms with Gasteiger partial charge in [0.1, 0.15) is 4.90 Å². The molecule has 0 aliphatic carbocycles. The number of amides is 1. The van der Waals surface area contributed by atoms with Gasteiger partial charge in [-0.25, -0.2) is 23.1 Å². The van der Waals surface area contributed by atoms with Crippen molar-refractivity contribution in [1.82, 2.24) is 0 Å². The van der Waals surface area contributed by atoms with E-state index in [4.69, 9.17) is 21.8 Å². The zero-order chi connectivity index (χ0) is 15.5. The third kappa shape index (κ3) is 3.83. The van der Waals surface area contributed by atoms with Crippen LogP contribution >= 0.6 is 11.6 Å². The van der Waals surface area contributed by atoms with Gasteiger partial charge >= 0.3 is 12.1 Å². The molecule has 10 heteroatoms. The zero-order valence-corrected chi connectivity index (χ0v) is 11.8. The van der Waals surface area contributed by atoms with E-state index in [0.29, 0.717) is 0 Å². The molecule has 110 valence electrons. The van der Waals surface area contributed by atoms with Gasteiger partial charge in [0.15, 0.2) is 0 Å². The Morgan fingerprint density at radius 3 is 2.50 bits per heavy atom. The van der Waals surface area contributed by atoms with Gasteiger partial charge in [0.25, 0.3) is 0 Å². The number of rotatable bonds is 4. The molecule has 0 saturated carbocycles. The molecule has 0 radical (unpaired) electrons. The Hall–Kier alpha value is -1.84. The molecule has 0 aliphatic rings. The summed E-state index contributed by atoms with van der Waals surface area (Å²) in [6.45, 7) is 1.61. The van der Waals surface area contributed by atoms with Crippen LogP contribution in [0.5, 0.6) is 0 Å². The van der Waals surface area contributed by atoms with Gasteiger partial charge in [0, 0.05) is 0 Å². The minimum absolute atomic E-state index is 0.0594. The molecule has 0 aliphatic heterocycles. The standard InChI is InChI=1S/C10H11ClN2O6S/c1-2-19-10(16)13-7-4-8(20(12,17)18)6(11)3-5(7)9(14)15/h3-4H,2H2,1H3,(H,13,16)(H,14,15)(H2,12,17,18). The first-order chi connectivity index (χ1) is 9.16. The predicted molar refractivity (Wildman–Crippen MR) is 70.4 cm³/mol. The first-order valence-corrected chi connectivity index (χ1v) is 7.12. The van der Waals surface area contributed by atoms with Crippen molar-refractivity contribution >= 4 is 39.4 Å². The number of sulfonamides is 1. The van der Waals surface area contributed by atoms with Crippen molar-refractivity contribution in [2.75, 3.05) is 11.9 Å². The lowest BCUT2D eigenvalue weighted by Crippen LogP contribution is -2.18. The van der Waals surface area contributed by atoms with Gasteiger partial charge in [-0.3, -0.25) is 5.32 Å². The summed E-state index contributed by atoms with van der Waals surface area (Å²) in [5, 5.41) is 15.7. The quantitative estimate of drug-likeness (QED) is 0.763. The Labute approximate surface area is 119 Å². The van der Waals surface area contributed by atoms with Crippen LogP contribution in [0.2, 0.25) is 5.02 Å². The Morgan fingerprint density at radius 1 is 1.45 bits per heavy atom. The molecule has 1 amide bonds. The van der Waals surface area contributed by atoms with Crippen molar-refractivity contribution in [3.05, 3.63) is 22.7 Å². The van der Waals surface area contributed by atoms with Crippen LogP contribution in [-0.2, 0) is 14.8 Å². The second-order valence-corrected chi connectivity index (χ2v) is 5.46. The third-order valence-electron chi connectivity index (χ3n) is 2.12. The Morgan fingerprint density at radius 2 is 2.05 bits per heavy atom. The van der Waals surface area contributed by atoms with Crippen LogP contribution < -0.4 is 10.5 Å². The highest BCUT2D eigenvalue weighted by atomic mass is 35.5. The maximum Gasteiger partial charge on any atom is 0.411 e. The second-order valence-electron chi connectivity index (χ2n) is 3.52. The number of ether oxygens (including phenoxy) is 1. The van der Waals surface area contributed by atoms with Crippen LogP contribution in [0.3, 0.4) is 0 Å². The molecule has 1 rings (SSSR count). The lowest BCUT2D eigenvalue weighted by atomic mass is 10.2. The maximum atomic E-state index is 11.3. The minimum Gasteiger partial charge on any atom is -0.478 e. The highest BCUT2D eigenvalue weighted by Crippen LogP contribution is 2.28. The van der Waals surface area contributed by atoms with Gasteiger partial charge in [0.05, 0.1) is 22.9 Å². The summed E-state index contributed by atoms with van der Waals surface area (Å²) in [7, 11) is -4.16. The largest absolute Gasteiger partial charge is 0.478 e. The van der Waals surface area contributed by atoms with Crippen LogP contribution in [0, 0.1) is 0 Å². The average molecular weight is 323 g/mol. The highest BCUT2D eigenvalue weighted by Gasteiger charge is 2.21. The molecule has 8 nitrogen and oxygen atoms in total. The van der Waals surface area contributed by atoms with Gasteiger partial charge in [0.2, 0.25) is 10.0 Å². The van der Waals surface area contributed by atoms with Gasteiger partial charge in [-0.2, -0.15) is 0 Å². The molecule has 1 aromatic rings. The summed E-state index contributed by atoms with van der Waals surface area (Å²) in [5.41, 5.74) is -0.681. The SMILES string of the molecule is CCOC(=O)Nc1cc(S(N)(=O)=O)c(Cl)cc1C(=O)O. The fourth-order valence-electron chi connectivity index (χ4n) is 1.33. The Kier molecular flexibility index (Phi) is 4.93. The van der Waals surface area contributed by atoms with E-state index in [1.54, 1.807) is 6.92 Å². The van der Waals surface area contributed by atoms with Gasteiger partial charge in [-0.15, -0.1) is 0 Å². The molecule has 1 aromatic carbocycles. The molecule has 0 aromatic heterocycles. The number of carbonyl (C=O) groups excluding carboxylic acids is 1. The number of carbonyl (C=O) groups is 2. The molecule has 4 N–H and O–H groups in total. The van der Waals surface area contributed by atoms with Crippen LogP contribution in [0.1, 0.15) is 17.3 Å². The normalized spacial score (nSPS) is 10.9. The number of carboxylic acid groups (broad SMARTS) is 1. The summed E-state index contributed by atoms with van der Waals surface area (Å²) in [4.78, 5) is 21.8. The maximum absolute atomic E-state index is 11.3. The number of primary sulfonamides is 1. The topological polar surface area (TPSA) is 136 Å². The molecule has 0 heterocycles. The van der Waals surface area contributed by atoms with Crippen molar-refractivity contribution in [1.29, 1.82) is 0 Å². The molecule has 0 bridgehead atoms. The molecule has 0 spiro atoms. The van der Waals surface area contributed by atoms with Gasteiger partial charge in [-0.1, -0.05) is 11.6 Å². The lowest BCUT2D eigenvalue weighted by molar-refractivity contribution is 0.0698. The van der Waals surface area contributed by atoms with E-state index in [9.17, 15) is 18.0 Å². The number of hydrogen-bond acceptors (Lipinski definition) is 5. The third-order valence-corrected chi connectivity index (χ3v) is 3.50. The number of aromatic carboxylic acids is 1. The second kappa shape index (κ2) is 6.07. The van der Waals surface area contributed by atoms with E-state index < -0.39 is 32.5 Å². The number of anilines is 1. The average Bonchev–Trinajstić information content (AvgIpc) is 2.29. The number of halogens is 1. The summed E-state index contributed by atoms with van der Waals surface area (Å²) < 4.78 is 27.2. The predicted octanol–water partition coefficient (Wildman–Crippen LogP) is 1.25. The molecule has 0 fully saturated rings. The monoisotopic (exact) mass is 322 g/mol. The molecule has 0 unspecified atom stereocenters. The summed E-state index contributed by atoms with van der Waals surface area (Å²) in [6, 6.07) is 1.74. The summed E-state index contributed by atoms with van der Waals surface area (Å²) in [5.74, 6) is -1.40. The molecular weight excluding hydrogens is 312 g/mol. The van der Waals surface area contributed by atoms with Crippen molar-refractivity contribution in [3.63, 3.8) is 0 Å². The fourth-order valence-corrected chi connectivity index (χ4v) is 2.43. The van der Waals surface area contributed by atoms with Crippen LogP contribution in [0.15, 0.2) is 17.0 Å². The van der Waals surface area contributed by atoms with Crippen molar-refractivity contribution in [2.45, 2.75) is 11.8 Å². The number of carboxylic acids is 1. The number of benzene rings is 1. The van der Waals surface area contributed by atoms with E-state index in [2.05, 4.69) is 10.1 Å². The van der Waals surface area contributed by atoms with Crippen LogP contribution in [0.4, 0.5) is 10.5 Å². The fraction of sp³-hybridized carbons (Fsp3) is 0.200. The lowest BCUT2D eigenvalue weighted by Gasteiger charge is -2.11. The highest BCUT2D eigenvalue weighted by molar-refractivity contribution is 7.89. The van der Waals surface area contributed by atoms with Crippen molar-refractivity contribution in [2.24, 2.45) is 5.14 Å². The molecular formula is C10H11ClN2O6S. The van der Waals surface area contributed by atoms with Crippen LogP contribution in [-0.4, -0.2) is 32.2 Å². The molecule has 0 saturated heterocycles. The summed E-state index contributed by atoms with van der Waals surface area (Å²) in [6.07, 6.45) is -0.933.